The Labute approximate surface area is 217 Å². The lowest BCUT2D eigenvalue weighted by molar-refractivity contribution is -0.139. The molecule has 4 rings (SSSR count). The van der Waals surface area contributed by atoms with Crippen LogP contribution in [0.2, 0.25) is 5.02 Å². The van der Waals surface area contributed by atoms with Crippen LogP contribution >= 0.6 is 11.6 Å². The van der Waals surface area contributed by atoms with E-state index in [0.29, 0.717) is 41.5 Å². The lowest BCUT2D eigenvalue weighted by Gasteiger charge is -2.26. The van der Waals surface area contributed by atoms with Crippen molar-refractivity contribution in [3.8, 4) is 5.75 Å². The van der Waals surface area contributed by atoms with Crippen molar-refractivity contribution < 1.29 is 19.4 Å². The van der Waals surface area contributed by atoms with Gasteiger partial charge in [-0.3, -0.25) is 9.59 Å². The Morgan fingerprint density at radius 3 is 2.44 bits per heavy atom. The summed E-state index contributed by atoms with van der Waals surface area (Å²) in [4.78, 5) is 28.0. The lowest BCUT2D eigenvalue weighted by atomic mass is 9.95. The number of unbranched alkanes of at least 4 members (excludes halogenated alkanes) is 2. The first-order valence-electron chi connectivity index (χ1n) is 12.3. The molecule has 1 amide bonds. The number of Topliss-reactive ketones (excluding diaryl/α,β-unsaturated/α-hetero) is 1. The molecule has 0 bridgehead atoms. The molecular formula is C30H30ClNO4. The smallest absolute Gasteiger partial charge is 0.295 e. The van der Waals surface area contributed by atoms with Crippen molar-refractivity contribution in [2.75, 3.05) is 13.2 Å². The van der Waals surface area contributed by atoms with Gasteiger partial charge in [0.05, 0.1) is 18.2 Å². The first kappa shape index (κ1) is 25.5. The van der Waals surface area contributed by atoms with Crippen molar-refractivity contribution in [1.29, 1.82) is 0 Å². The van der Waals surface area contributed by atoms with Crippen LogP contribution < -0.4 is 4.74 Å². The van der Waals surface area contributed by atoms with Gasteiger partial charge in [0.2, 0.25) is 0 Å². The number of benzene rings is 3. The van der Waals surface area contributed by atoms with Gasteiger partial charge in [0.15, 0.2) is 0 Å². The summed E-state index contributed by atoms with van der Waals surface area (Å²) in [5.41, 5.74) is 2.27. The van der Waals surface area contributed by atoms with E-state index in [1.165, 1.54) is 0 Å². The van der Waals surface area contributed by atoms with Crippen LogP contribution in [0.4, 0.5) is 0 Å². The third-order valence-corrected chi connectivity index (χ3v) is 6.58. The van der Waals surface area contributed by atoms with Gasteiger partial charge in [-0.1, -0.05) is 73.8 Å². The molecule has 1 fully saturated rings. The molecule has 1 N–H and O–H groups in total. The number of nitrogens with zero attached hydrogens (tertiary/aromatic N) is 1. The van der Waals surface area contributed by atoms with Gasteiger partial charge in [-0.25, -0.2) is 0 Å². The summed E-state index contributed by atoms with van der Waals surface area (Å²) in [7, 11) is 0. The number of carbonyl (C=O) groups excluding carboxylic acids is 2. The highest BCUT2D eigenvalue weighted by atomic mass is 35.5. The molecule has 5 nitrogen and oxygen atoms in total. The predicted octanol–water partition coefficient (Wildman–Crippen LogP) is 6.57. The van der Waals surface area contributed by atoms with Crippen molar-refractivity contribution in [3.05, 3.63) is 106 Å². The molecule has 186 valence electrons. The highest BCUT2D eigenvalue weighted by Crippen LogP contribution is 2.40. The maximum Gasteiger partial charge on any atom is 0.295 e. The minimum absolute atomic E-state index is 0.0681. The molecule has 0 aliphatic carbocycles. The maximum atomic E-state index is 13.3. The number of hydrogen-bond acceptors (Lipinski definition) is 4. The van der Waals surface area contributed by atoms with E-state index in [4.69, 9.17) is 16.3 Å². The lowest BCUT2D eigenvalue weighted by Crippen LogP contribution is -2.31. The van der Waals surface area contributed by atoms with Crippen LogP contribution in [-0.4, -0.2) is 34.8 Å². The van der Waals surface area contributed by atoms with Crippen LogP contribution in [0.1, 0.15) is 48.9 Å². The monoisotopic (exact) mass is 503 g/mol. The zero-order valence-electron chi connectivity index (χ0n) is 20.3. The van der Waals surface area contributed by atoms with E-state index in [9.17, 15) is 14.7 Å². The summed E-state index contributed by atoms with van der Waals surface area (Å²) < 4.78 is 5.94. The number of rotatable bonds is 10. The normalized spacial score (nSPS) is 16.9. The maximum absolute atomic E-state index is 13.3. The van der Waals surface area contributed by atoms with Gasteiger partial charge in [-0.2, -0.15) is 0 Å². The number of ketones is 1. The largest absolute Gasteiger partial charge is 0.507 e. The van der Waals surface area contributed by atoms with E-state index in [1.54, 1.807) is 29.2 Å². The first-order valence-corrected chi connectivity index (χ1v) is 12.7. The summed E-state index contributed by atoms with van der Waals surface area (Å²) >= 11 is 6.01. The Bertz CT molecular complexity index is 1240. The molecule has 1 atom stereocenters. The van der Waals surface area contributed by atoms with Gasteiger partial charge < -0.3 is 14.7 Å². The Kier molecular flexibility index (Phi) is 8.44. The molecule has 0 radical (unpaired) electrons. The summed E-state index contributed by atoms with van der Waals surface area (Å²) in [6, 6.07) is 23.1. The van der Waals surface area contributed by atoms with E-state index in [-0.39, 0.29) is 11.3 Å². The van der Waals surface area contributed by atoms with Crippen molar-refractivity contribution in [2.45, 2.75) is 38.6 Å². The van der Waals surface area contributed by atoms with Crippen LogP contribution in [0.3, 0.4) is 0 Å². The average Bonchev–Trinajstić information content (AvgIpc) is 3.16. The highest BCUT2D eigenvalue weighted by Gasteiger charge is 2.45. The van der Waals surface area contributed by atoms with E-state index in [1.807, 2.05) is 54.6 Å². The standard InChI is InChI=1S/C30H30ClNO4/c1-2-3-7-19-36-25-12-8-11-23(20-25)27-26(28(33)22-13-15-24(31)16-14-22)29(34)30(35)32(27)18-17-21-9-5-4-6-10-21/h4-6,8-16,20,27,33H,2-3,7,17-19H2,1H3. The van der Waals surface area contributed by atoms with E-state index >= 15 is 0 Å². The minimum Gasteiger partial charge on any atom is -0.507 e. The van der Waals surface area contributed by atoms with E-state index in [2.05, 4.69) is 6.92 Å². The predicted molar refractivity (Wildman–Crippen MR) is 142 cm³/mol. The molecule has 1 aliphatic rings. The van der Waals surface area contributed by atoms with Gasteiger partial charge in [0.1, 0.15) is 11.5 Å². The fourth-order valence-corrected chi connectivity index (χ4v) is 4.56. The van der Waals surface area contributed by atoms with Crippen LogP contribution in [-0.2, 0) is 16.0 Å². The molecule has 1 unspecified atom stereocenters. The minimum atomic E-state index is -0.733. The molecule has 1 aliphatic heterocycles. The highest BCUT2D eigenvalue weighted by molar-refractivity contribution is 6.46. The molecule has 0 spiro atoms. The second kappa shape index (κ2) is 11.9. The fourth-order valence-electron chi connectivity index (χ4n) is 4.43. The number of halogens is 1. The summed E-state index contributed by atoms with van der Waals surface area (Å²) in [6.45, 7) is 3.06. The SMILES string of the molecule is CCCCCOc1cccc(C2C(=C(O)c3ccc(Cl)cc3)C(=O)C(=O)N2CCc2ccccc2)c1. The van der Waals surface area contributed by atoms with Gasteiger partial charge in [0.25, 0.3) is 11.7 Å². The van der Waals surface area contributed by atoms with E-state index in [0.717, 1.165) is 24.8 Å². The Morgan fingerprint density at radius 2 is 1.72 bits per heavy atom. The summed E-state index contributed by atoms with van der Waals surface area (Å²) in [5.74, 6) is -0.870. The second-order valence-electron chi connectivity index (χ2n) is 8.86. The summed E-state index contributed by atoms with van der Waals surface area (Å²) in [6.07, 6.45) is 3.72. The molecule has 6 heteroatoms. The number of ether oxygens (including phenoxy) is 1. The van der Waals surface area contributed by atoms with Crippen LogP contribution in [0.15, 0.2) is 84.4 Å². The Hall–Kier alpha value is -3.57. The molecule has 0 saturated carbocycles. The fraction of sp³-hybridized carbons (Fsp3) is 0.267. The molecule has 0 aromatic heterocycles. The molecular weight excluding hydrogens is 474 g/mol. The molecule has 1 saturated heterocycles. The second-order valence-corrected chi connectivity index (χ2v) is 9.30. The van der Waals surface area contributed by atoms with Crippen molar-refractivity contribution in [1.82, 2.24) is 4.90 Å². The Morgan fingerprint density at radius 1 is 0.972 bits per heavy atom. The topological polar surface area (TPSA) is 66.8 Å². The zero-order chi connectivity index (χ0) is 25.5. The molecule has 1 heterocycles. The van der Waals surface area contributed by atoms with Gasteiger partial charge in [0, 0.05) is 17.1 Å². The summed E-state index contributed by atoms with van der Waals surface area (Å²) in [5, 5.41) is 11.7. The number of aliphatic hydroxyl groups is 1. The quantitative estimate of drug-likeness (QED) is 0.147. The molecule has 3 aromatic carbocycles. The number of aliphatic hydroxyl groups excluding tert-OH is 1. The third kappa shape index (κ3) is 5.80. The number of likely N-dealkylation sites (tertiary alicyclic amines) is 1. The van der Waals surface area contributed by atoms with Crippen molar-refractivity contribution in [2.24, 2.45) is 0 Å². The first-order chi connectivity index (χ1) is 17.5. The molecule has 36 heavy (non-hydrogen) atoms. The zero-order valence-corrected chi connectivity index (χ0v) is 21.1. The van der Waals surface area contributed by atoms with Gasteiger partial charge >= 0.3 is 0 Å². The number of amides is 1. The van der Waals surface area contributed by atoms with Crippen LogP contribution in [0.25, 0.3) is 5.76 Å². The van der Waals surface area contributed by atoms with Crippen LogP contribution in [0, 0.1) is 0 Å². The third-order valence-electron chi connectivity index (χ3n) is 6.33. The van der Waals surface area contributed by atoms with Crippen LogP contribution in [0.5, 0.6) is 5.75 Å². The van der Waals surface area contributed by atoms with Gasteiger partial charge in [-0.15, -0.1) is 0 Å². The Balaban J connectivity index is 1.72. The number of carbonyl (C=O) groups is 2. The van der Waals surface area contributed by atoms with Gasteiger partial charge in [-0.05, 0) is 60.4 Å². The average molecular weight is 504 g/mol. The van der Waals surface area contributed by atoms with E-state index < -0.39 is 17.7 Å². The molecule has 3 aromatic rings. The van der Waals surface area contributed by atoms with Crippen molar-refractivity contribution >= 4 is 29.1 Å². The number of hydrogen-bond donors (Lipinski definition) is 1. The van der Waals surface area contributed by atoms with Crippen molar-refractivity contribution in [3.63, 3.8) is 0 Å².